The summed E-state index contributed by atoms with van der Waals surface area (Å²) in [6.07, 6.45) is 2.24. The molecule has 3 rings (SSSR count). The highest BCUT2D eigenvalue weighted by Crippen LogP contribution is 2.24. The molecule has 7 heteroatoms. The molecule has 0 aliphatic carbocycles. The molecule has 0 aliphatic rings. The zero-order chi connectivity index (χ0) is 20.3. The average Bonchev–Trinajstić information content (AvgIpc) is 3.00. The Morgan fingerprint density at radius 2 is 1.93 bits per heavy atom. The number of carbonyl (C=O) groups is 2. The Bertz CT molecular complexity index is 1110. The number of fused-ring (bicyclic) bond motifs is 1. The van der Waals surface area contributed by atoms with Gasteiger partial charge in [0.2, 0.25) is 0 Å². The number of aromatic nitrogens is 1. The smallest absolute Gasteiger partial charge is 0.325 e. The molecule has 1 aromatic heterocycles. The SMILES string of the molecule is COC(=O)Cn1c(=NC(=O)Cc2ccc(C)c(C)c2)sc2cc(SC)ccc21. The van der Waals surface area contributed by atoms with E-state index in [4.69, 9.17) is 4.74 Å². The Morgan fingerprint density at radius 1 is 1.14 bits per heavy atom. The molecule has 0 N–H and O–H groups in total. The number of aryl methyl sites for hydroxylation is 2. The number of methoxy groups -OCH3 is 1. The van der Waals surface area contributed by atoms with Gasteiger partial charge in [-0.25, -0.2) is 0 Å². The number of carbonyl (C=O) groups excluding carboxylic acids is 2. The third-order valence-electron chi connectivity index (χ3n) is 4.55. The van der Waals surface area contributed by atoms with Gasteiger partial charge in [0, 0.05) is 4.90 Å². The number of ether oxygens (including phenoxy) is 1. The lowest BCUT2D eigenvalue weighted by Crippen LogP contribution is -2.22. The summed E-state index contributed by atoms with van der Waals surface area (Å²) in [6.45, 7) is 4.09. The second-order valence-corrected chi connectivity index (χ2v) is 8.37. The normalized spacial score (nSPS) is 11.8. The summed E-state index contributed by atoms with van der Waals surface area (Å²) in [7, 11) is 1.35. The van der Waals surface area contributed by atoms with Crippen LogP contribution >= 0.6 is 23.1 Å². The number of thiazole rings is 1. The van der Waals surface area contributed by atoms with Crippen molar-refractivity contribution in [3.05, 3.63) is 57.9 Å². The first-order chi connectivity index (χ1) is 13.4. The van der Waals surface area contributed by atoms with E-state index >= 15 is 0 Å². The van der Waals surface area contributed by atoms with Crippen LogP contribution in [-0.4, -0.2) is 29.8 Å². The summed E-state index contributed by atoms with van der Waals surface area (Å²) >= 11 is 3.05. The van der Waals surface area contributed by atoms with Crippen LogP contribution in [0.3, 0.4) is 0 Å². The third-order valence-corrected chi connectivity index (χ3v) is 6.32. The molecule has 146 valence electrons. The standard InChI is InChI=1S/C21H22N2O3S2/c1-13-5-6-15(9-14(13)2)10-19(24)22-21-23(12-20(25)26-3)17-8-7-16(27-4)11-18(17)28-21/h5-9,11H,10,12H2,1-4H3. The van der Waals surface area contributed by atoms with Crippen molar-refractivity contribution in [1.29, 1.82) is 0 Å². The van der Waals surface area contributed by atoms with E-state index in [0.717, 1.165) is 26.2 Å². The molecule has 5 nitrogen and oxygen atoms in total. The van der Waals surface area contributed by atoms with Crippen molar-refractivity contribution in [2.45, 2.75) is 31.7 Å². The molecule has 0 atom stereocenters. The number of benzene rings is 2. The van der Waals surface area contributed by atoms with Gasteiger partial charge in [0.1, 0.15) is 6.54 Å². The molecule has 0 unspecified atom stereocenters. The highest BCUT2D eigenvalue weighted by atomic mass is 32.2. The van der Waals surface area contributed by atoms with Gasteiger partial charge < -0.3 is 9.30 Å². The zero-order valence-electron chi connectivity index (χ0n) is 16.3. The molecule has 0 saturated heterocycles. The number of hydrogen-bond acceptors (Lipinski definition) is 5. The van der Waals surface area contributed by atoms with Crippen LogP contribution in [0.5, 0.6) is 0 Å². The Balaban J connectivity index is 2.01. The van der Waals surface area contributed by atoms with Gasteiger partial charge >= 0.3 is 5.97 Å². The van der Waals surface area contributed by atoms with Crippen LogP contribution < -0.4 is 4.80 Å². The second-order valence-electron chi connectivity index (χ2n) is 6.48. The van der Waals surface area contributed by atoms with Crippen LogP contribution in [0.4, 0.5) is 0 Å². The lowest BCUT2D eigenvalue weighted by molar-refractivity contribution is -0.141. The molecule has 3 aromatic rings. The molecule has 0 aliphatic heterocycles. The summed E-state index contributed by atoms with van der Waals surface area (Å²) in [6, 6.07) is 12.0. The minimum Gasteiger partial charge on any atom is -0.468 e. The van der Waals surface area contributed by atoms with E-state index in [0.29, 0.717) is 4.80 Å². The third kappa shape index (κ3) is 4.54. The molecule has 0 saturated carbocycles. The van der Waals surface area contributed by atoms with Crippen LogP contribution in [0.2, 0.25) is 0 Å². The van der Waals surface area contributed by atoms with Crippen molar-refractivity contribution >= 4 is 45.2 Å². The van der Waals surface area contributed by atoms with E-state index in [1.807, 2.05) is 56.5 Å². The molecule has 28 heavy (non-hydrogen) atoms. The van der Waals surface area contributed by atoms with Gasteiger partial charge in [-0.3, -0.25) is 9.59 Å². The molecule has 0 spiro atoms. The van der Waals surface area contributed by atoms with Crippen LogP contribution in [0.1, 0.15) is 16.7 Å². The molecule has 0 fully saturated rings. The minimum atomic E-state index is -0.378. The fraction of sp³-hybridized carbons (Fsp3) is 0.286. The highest BCUT2D eigenvalue weighted by Gasteiger charge is 2.13. The number of amides is 1. The average molecular weight is 415 g/mol. The van der Waals surface area contributed by atoms with Crippen LogP contribution in [-0.2, 0) is 27.3 Å². The number of rotatable bonds is 5. The largest absolute Gasteiger partial charge is 0.468 e. The van der Waals surface area contributed by atoms with Crippen molar-refractivity contribution in [1.82, 2.24) is 4.57 Å². The van der Waals surface area contributed by atoms with Gasteiger partial charge in [0.05, 0.1) is 23.7 Å². The topological polar surface area (TPSA) is 60.7 Å². The highest BCUT2D eigenvalue weighted by molar-refractivity contribution is 7.98. The maximum Gasteiger partial charge on any atom is 0.325 e. The Hall–Kier alpha value is -2.38. The van der Waals surface area contributed by atoms with Gasteiger partial charge in [-0.05, 0) is 55.0 Å². The van der Waals surface area contributed by atoms with Crippen molar-refractivity contribution in [2.75, 3.05) is 13.4 Å². The van der Waals surface area contributed by atoms with E-state index < -0.39 is 0 Å². The van der Waals surface area contributed by atoms with E-state index in [2.05, 4.69) is 4.99 Å². The lowest BCUT2D eigenvalue weighted by Gasteiger charge is -2.05. The maximum atomic E-state index is 12.6. The van der Waals surface area contributed by atoms with E-state index in [1.165, 1.54) is 24.0 Å². The summed E-state index contributed by atoms with van der Waals surface area (Å²) in [5, 5.41) is 0. The van der Waals surface area contributed by atoms with Gasteiger partial charge in [-0.15, -0.1) is 11.8 Å². The molecular weight excluding hydrogens is 392 g/mol. The quantitative estimate of drug-likeness (QED) is 0.469. The molecular formula is C21H22N2O3S2. The van der Waals surface area contributed by atoms with E-state index in [1.54, 1.807) is 16.3 Å². The summed E-state index contributed by atoms with van der Waals surface area (Å²) in [5.41, 5.74) is 4.14. The maximum absolute atomic E-state index is 12.6. The Morgan fingerprint density at radius 3 is 2.61 bits per heavy atom. The number of esters is 1. The van der Waals surface area contributed by atoms with Crippen molar-refractivity contribution in [3.8, 4) is 0 Å². The van der Waals surface area contributed by atoms with Crippen LogP contribution in [0, 0.1) is 13.8 Å². The molecule has 0 bridgehead atoms. The predicted molar refractivity (Wildman–Crippen MR) is 114 cm³/mol. The van der Waals surface area contributed by atoms with Crippen molar-refractivity contribution < 1.29 is 14.3 Å². The molecule has 0 radical (unpaired) electrons. The molecule has 1 heterocycles. The number of thioether (sulfide) groups is 1. The molecule has 1 amide bonds. The monoisotopic (exact) mass is 414 g/mol. The summed E-state index contributed by atoms with van der Waals surface area (Å²) in [5.74, 6) is -0.616. The Labute approximate surface area is 172 Å². The summed E-state index contributed by atoms with van der Waals surface area (Å²) < 4.78 is 7.54. The van der Waals surface area contributed by atoms with E-state index in [-0.39, 0.29) is 24.8 Å². The van der Waals surface area contributed by atoms with Gasteiger partial charge in [0.25, 0.3) is 5.91 Å². The van der Waals surface area contributed by atoms with Crippen LogP contribution in [0.15, 0.2) is 46.3 Å². The fourth-order valence-electron chi connectivity index (χ4n) is 2.85. The first-order valence-electron chi connectivity index (χ1n) is 8.79. The first kappa shape index (κ1) is 20.4. The first-order valence-corrected chi connectivity index (χ1v) is 10.8. The zero-order valence-corrected chi connectivity index (χ0v) is 17.9. The van der Waals surface area contributed by atoms with Crippen molar-refractivity contribution in [3.63, 3.8) is 0 Å². The number of hydrogen-bond donors (Lipinski definition) is 0. The van der Waals surface area contributed by atoms with Gasteiger partial charge in [-0.1, -0.05) is 29.5 Å². The van der Waals surface area contributed by atoms with Crippen molar-refractivity contribution in [2.24, 2.45) is 4.99 Å². The van der Waals surface area contributed by atoms with Gasteiger partial charge in [-0.2, -0.15) is 4.99 Å². The van der Waals surface area contributed by atoms with E-state index in [9.17, 15) is 9.59 Å². The minimum absolute atomic E-state index is 0.0187. The Kier molecular flexibility index (Phi) is 6.36. The van der Waals surface area contributed by atoms with Crippen LogP contribution in [0.25, 0.3) is 10.2 Å². The number of nitrogens with zero attached hydrogens (tertiary/aromatic N) is 2. The molecule has 2 aromatic carbocycles. The lowest BCUT2D eigenvalue weighted by atomic mass is 10.0. The predicted octanol–water partition coefficient (Wildman–Crippen LogP) is 3.88. The second kappa shape index (κ2) is 8.75. The van der Waals surface area contributed by atoms with Gasteiger partial charge in [0.15, 0.2) is 4.80 Å². The fourth-order valence-corrected chi connectivity index (χ4v) is 4.45. The summed E-state index contributed by atoms with van der Waals surface area (Å²) in [4.78, 5) is 30.4.